The molecule has 3 aromatic carbocycles. The molecule has 1 aromatic heterocycles. The Bertz CT molecular complexity index is 1060. The Morgan fingerprint density at radius 2 is 0.871 bits per heavy atom. The van der Waals surface area contributed by atoms with Crippen LogP contribution in [0, 0.1) is 0 Å². The minimum atomic E-state index is -6.00. The first-order valence-corrected chi connectivity index (χ1v) is 9.62. The van der Waals surface area contributed by atoms with E-state index in [1.807, 2.05) is 24.4 Å². The molecule has 6 heteroatoms. The van der Waals surface area contributed by atoms with E-state index in [9.17, 15) is 17.3 Å². The zero-order chi connectivity index (χ0) is 22.3. The zero-order valence-corrected chi connectivity index (χ0v) is 16.6. The quantitative estimate of drug-likeness (QED) is 0.184. The average molecular weight is 421 g/mol. The van der Waals surface area contributed by atoms with Gasteiger partial charge in [-0.15, -0.1) is 0 Å². The lowest BCUT2D eigenvalue weighted by atomic mass is 9.99. The van der Waals surface area contributed by atoms with Crippen molar-refractivity contribution >= 4 is 13.5 Å². The molecular weight excluding hydrogens is 401 g/mol. The lowest BCUT2D eigenvalue weighted by Gasteiger charge is -2.10. The topological polar surface area (TPSA) is 3.88 Å². The highest BCUT2D eigenvalue weighted by Gasteiger charge is 2.21. The Kier molecular flexibility index (Phi) is 7.03. The summed E-state index contributed by atoms with van der Waals surface area (Å²) < 4.78 is 41.2. The molecule has 0 N–H and O–H groups in total. The third-order valence-electron chi connectivity index (χ3n) is 4.53. The number of halogens is 4. The molecule has 0 saturated carbocycles. The van der Waals surface area contributed by atoms with Crippen LogP contribution in [-0.4, -0.2) is 7.25 Å². The zero-order valence-electron chi connectivity index (χ0n) is 16.6. The molecule has 0 radical (unpaired) electrons. The summed E-state index contributed by atoms with van der Waals surface area (Å²) in [6.07, 6.45) is 1.89. The summed E-state index contributed by atoms with van der Waals surface area (Å²) in [7, 11) is -6.00. The molecule has 0 aliphatic carbocycles. The summed E-state index contributed by atoms with van der Waals surface area (Å²) in [5.74, 6) is 0. The van der Waals surface area contributed by atoms with E-state index in [1.165, 1.54) is 22.3 Å². The van der Waals surface area contributed by atoms with Crippen LogP contribution < -0.4 is 4.57 Å². The molecule has 0 fully saturated rings. The predicted octanol–water partition coefficient (Wildman–Crippen LogP) is 7.38. The van der Waals surface area contributed by atoms with Crippen molar-refractivity contribution in [1.82, 2.24) is 0 Å². The maximum Gasteiger partial charge on any atom is 0.673 e. The first-order chi connectivity index (χ1) is 14.9. The van der Waals surface area contributed by atoms with Crippen LogP contribution in [0.25, 0.3) is 39.8 Å². The SMILES string of the molecule is C=C[n+]1c(-c2ccccc2)cc(-c2ccccc2)cc1-c1ccccc1.F[B-](F)(F)F. The summed E-state index contributed by atoms with van der Waals surface area (Å²) in [5, 5.41) is 0. The van der Waals surface area contributed by atoms with Crippen LogP contribution in [0.2, 0.25) is 0 Å². The van der Waals surface area contributed by atoms with Gasteiger partial charge < -0.3 is 17.3 Å². The maximum absolute atomic E-state index is 9.75. The molecular formula is C25H20BF4N. The molecule has 0 spiro atoms. The fourth-order valence-corrected chi connectivity index (χ4v) is 3.26. The van der Waals surface area contributed by atoms with E-state index < -0.39 is 7.25 Å². The van der Waals surface area contributed by atoms with Crippen molar-refractivity contribution in [3.8, 4) is 33.6 Å². The van der Waals surface area contributed by atoms with Gasteiger partial charge in [-0.05, 0) is 42.0 Å². The highest BCUT2D eigenvalue weighted by atomic mass is 19.5. The van der Waals surface area contributed by atoms with E-state index in [0.717, 1.165) is 11.4 Å². The second kappa shape index (κ2) is 9.89. The van der Waals surface area contributed by atoms with Gasteiger partial charge in [0.25, 0.3) is 0 Å². The van der Waals surface area contributed by atoms with Gasteiger partial charge in [-0.1, -0.05) is 66.7 Å². The molecule has 0 bridgehead atoms. The Morgan fingerprint density at radius 1 is 0.548 bits per heavy atom. The fourth-order valence-electron chi connectivity index (χ4n) is 3.26. The maximum atomic E-state index is 9.75. The second-order valence-electron chi connectivity index (χ2n) is 6.66. The number of benzene rings is 3. The van der Waals surface area contributed by atoms with Crippen molar-refractivity contribution in [2.75, 3.05) is 0 Å². The van der Waals surface area contributed by atoms with Gasteiger partial charge in [0.05, 0.1) is 0 Å². The van der Waals surface area contributed by atoms with E-state index >= 15 is 0 Å². The van der Waals surface area contributed by atoms with Crippen LogP contribution in [0.4, 0.5) is 17.3 Å². The highest BCUT2D eigenvalue weighted by molar-refractivity contribution is 6.50. The molecule has 1 nitrogen and oxygen atoms in total. The Balaban J connectivity index is 0.000000491. The van der Waals surface area contributed by atoms with Crippen molar-refractivity contribution in [2.24, 2.45) is 0 Å². The summed E-state index contributed by atoms with van der Waals surface area (Å²) >= 11 is 0. The lowest BCUT2D eigenvalue weighted by Crippen LogP contribution is -2.32. The minimum absolute atomic E-state index is 1.13. The number of hydrogen-bond donors (Lipinski definition) is 0. The first-order valence-electron chi connectivity index (χ1n) is 9.62. The molecule has 0 saturated heterocycles. The van der Waals surface area contributed by atoms with E-state index in [2.05, 4.69) is 96.1 Å². The van der Waals surface area contributed by atoms with E-state index in [0.29, 0.717) is 0 Å². The van der Waals surface area contributed by atoms with Crippen molar-refractivity contribution < 1.29 is 21.8 Å². The first kappa shape index (κ1) is 22.0. The number of pyridine rings is 1. The third kappa shape index (κ3) is 6.16. The lowest BCUT2D eigenvalue weighted by molar-refractivity contribution is -0.543. The van der Waals surface area contributed by atoms with E-state index in [1.54, 1.807) is 0 Å². The second-order valence-corrected chi connectivity index (χ2v) is 6.66. The summed E-state index contributed by atoms with van der Waals surface area (Å²) in [4.78, 5) is 0. The van der Waals surface area contributed by atoms with Gasteiger partial charge in [-0.2, -0.15) is 4.57 Å². The fraction of sp³-hybridized carbons (Fsp3) is 0. The van der Waals surface area contributed by atoms with Crippen LogP contribution in [0.1, 0.15) is 0 Å². The number of hydrogen-bond acceptors (Lipinski definition) is 0. The van der Waals surface area contributed by atoms with Gasteiger partial charge in [0.15, 0.2) is 6.20 Å². The van der Waals surface area contributed by atoms with Gasteiger partial charge >= 0.3 is 7.25 Å². The molecule has 31 heavy (non-hydrogen) atoms. The molecule has 0 aliphatic rings. The molecule has 1 heterocycles. The Labute approximate surface area is 179 Å². The van der Waals surface area contributed by atoms with E-state index in [-0.39, 0.29) is 0 Å². The molecule has 4 aromatic rings. The molecule has 0 amide bonds. The average Bonchev–Trinajstić information content (AvgIpc) is 2.79. The summed E-state index contributed by atoms with van der Waals surface area (Å²) in [6, 6.07) is 35.9. The van der Waals surface area contributed by atoms with Gasteiger partial charge in [0.2, 0.25) is 11.4 Å². The molecule has 4 rings (SSSR count). The standard InChI is InChI=1S/C25H20N.BF4/c1-2-26-24(21-14-8-4-9-15-21)18-23(20-12-6-3-7-13-20)19-25(26)22-16-10-5-11-17-22;2-1(3,4)5/h2-19H,1H2;/q+1;-1. The van der Waals surface area contributed by atoms with Crippen molar-refractivity contribution in [3.05, 3.63) is 110 Å². The Morgan fingerprint density at radius 3 is 1.19 bits per heavy atom. The molecule has 0 aliphatic heterocycles. The van der Waals surface area contributed by atoms with Crippen LogP contribution in [0.15, 0.2) is 110 Å². The Hall–Kier alpha value is -3.67. The van der Waals surface area contributed by atoms with Crippen LogP contribution in [0.5, 0.6) is 0 Å². The predicted molar refractivity (Wildman–Crippen MR) is 120 cm³/mol. The van der Waals surface area contributed by atoms with Gasteiger partial charge in [-0.25, -0.2) is 0 Å². The normalized spacial score (nSPS) is 10.7. The minimum Gasteiger partial charge on any atom is -0.418 e. The van der Waals surface area contributed by atoms with E-state index in [4.69, 9.17) is 0 Å². The van der Waals surface area contributed by atoms with Gasteiger partial charge in [0, 0.05) is 23.3 Å². The third-order valence-corrected chi connectivity index (χ3v) is 4.53. The summed E-state index contributed by atoms with van der Waals surface area (Å²) in [5.41, 5.74) is 6.99. The van der Waals surface area contributed by atoms with Gasteiger partial charge in [-0.3, -0.25) is 0 Å². The van der Waals surface area contributed by atoms with Crippen molar-refractivity contribution in [3.63, 3.8) is 0 Å². The smallest absolute Gasteiger partial charge is 0.418 e. The van der Waals surface area contributed by atoms with Crippen LogP contribution >= 0.6 is 0 Å². The number of nitrogens with zero attached hydrogens (tertiary/aromatic N) is 1. The summed E-state index contributed by atoms with van der Waals surface area (Å²) in [6.45, 7) is 4.07. The number of rotatable bonds is 4. The number of aromatic nitrogens is 1. The monoisotopic (exact) mass is 421 g/mol. The van der Waals surface area contributed by atoms with Gasteiger partial charge in [0.1, 0.15) is 0 Å². The van der Waals surface area contributed by atoms with Crippen LogP contribution in [0.3, 0.4) is 0 Å². The van der Waals surface area contributed by atoms with Crippen molar-refractivity contribution in [1.29, 1.82) is 0 Å². The molecule has 0 unspecified atom stereocenters. The molecule has 156 valence electrons. The highest BCUT2D eigenvalue weighted by Crippen LogP contribution is 2.29. The van der Waals surface area contributed by atoms with Crippen molar-refractivity contribution in [2.45, 2.75) is 0 Å². The van der Waals surface area contributed by atoms with Crippen LogP contribution in [-0.2, 0) is 0 Å². The molecule has 0 atom stereocenters. The largest absolute Gasteiger partial charge is 0.673 e.